The maximum absolute atomic E-state index is 12.9. The highest BCUT2D eigenvalue weighted by molar-refractivity contribution is 7.92. The number of carbonyl (C=O) groups excluding carboxylic acids is 2. The average Bonchev–Trinajstić information content (AvgIpc) is 2.72. The molecule has 0 aromatic heterocycles. The van der Waals surface area contributed by atoms with Gasteiger partial charge in [-0.3, -0.25) is 9.59 Å². The van der Waals surface area contributed by atoms with E-state index in [2.05, 4.69) is 10.6 Å². The molecule has 30 heavy (non-hydrogen) atoms. The van der Waals surface area contributed by atoms with Gasteiger partial charge in [0.25, 0.3) is 5.91 Å². The van der Waals surface area contributed by atoms with Crippen LogP contribution in [0.2, 0.25) is 0 Å². The quantitative estimate of drug-likeness (QED) is 0.686. The summed E-state index contributed by atoms with van der Waals surface area (Å²) in [5, 5.41) is 4.28. The van der Waals surface area contributed by atoms with Gasteiger partial charge in [-0.25, -0.2) is 8.42 Å². The topological polar surface area (TPSA) is 120 Å². The summed E-state index contributed by atoms with van der Waals surface area (Å²) in [6, 6.07) is 9.07. The summed E-state index contributed by atoms with van der Waals surface area (Å²) in [5.41, 5.74) is 0.835. The first-order valence-electron chi connectivity index (χ1n) is 9.06. The van der Waals surface area contributed by atoms with Gasteiger partial charge in [-0.2, -0.15) is 0 Å². The first-order chi connectivity index (χ1) is 14.2. The summed E-state index contributed by atoms with van der Waals surface area (Å²) in [7, 11) is -0.824. The second kappa shape index (κ2) is 8.62. The molecule has 3 rings (SSSR count). The number of hydrogen-bond acceptors (Lipinski definition) is 7. The number of carbonyl (C=O) groups is 2. The molecular weight excluding hydrogens is 412 g/mol. The number of methoxy groups -OCH3 is 2. The molecule has 1 heterocycles. The summed E-state index contributed by atoms with van der Waals surface area (Å²) in [6.45, 7) is 1.28. The maximum Gasteiger partial charge on any atom is 0.262 e. The largest absolute Gasteiger partial charge is 0.497 e. The molecule has 1 unspecified atom stereocenters. The molecule has 0 spiro atoms. The number of amides is 2. The molecule has 160 valence electrons. The van der Waals surface area contributed by atoms with Crippen LogP contribution in [0, 0.1) is 0 Å². The smallest absolute Gasteiger partial charge is 0.262 e. The zero-order chi connectivity index (χ0) is 21.9. The minimum absolute atomic E-state index is 0.0146. The van der Waals surface area contributed by atoms with E-state index >= 15 is 0 Å². The van der Waals surface area contributed by atoms with Gasteiger partial charge in [0.15, 0.2) is 16.4 Å². The van der Waals surface area contributed by atoms with E-state index in [4.69, 9.17) is 14.2 Å². The third-order valence-corrected chi connectivity index (χ3v) is 6.69. The fraction of sp³-hybridized carbons (Fsp3) is 0.300. The monoisotopic (exact) mass is 434 g/mol. The minimum Gasteiger partial charge on any atom is -0.497 e. The normalized spacial score (nSPS) is 14.0. The summed E-state index contributed by atoms with van der Waals surface area (Å²) < 4.78 is 41.4. The summed E-state index contributed by atoms with van der Waals surface area (Å²) in [4.78, 5) is 23.8. The Kier molecular flexibility index (Phi) is 6.16. The van der Waals surface area contributed by atoms with Gasteiger partial charge >= 0.3 is 0 Å². The number of benzene rings is 2. The van der Waals surface area contributed by atoms with Crippen LogP contribution in [0.3, 0.4) is 0 Å². The predicted molar refractivity (Wildman–Crippen MR) is 110 cm³/mol. The van der Waals surface area contributed by atoms with Crippen LogP contribution < -0.4 is 24.8 Å². The van der Waals surface area contributed by atoms with Crippen molar-refractivity contribution in [3.63, 3.8) is 0 Å². The highest BCUT2D eigenvalue weighted by Crippen LogP contribution is 2.32. The van der Waals surface area contributed by atoms with Crippen LogP contribution in [-0.2, 0) is 19.4 Å². The molecular formula is C20H22N2O7S. The second-order valence-corrected chi connectivity index (χ2v) is 9.07. The van der Waals surface area contributed by atoms with Crippen LogP contribution in [0.4, 0.5) is 11.4 Å². The van der Waals surface area contributed by atoms with Gasteiger partial charge < -0.3 is 24.8 Å². The van der Waals surface area contributed by atoms with Gasteiger partial charge in [0.1, 0.15) is 17.2 Å². The third kappa shape index (κ3) is 4.65. The number of fused-ring (bicyclic) bond motifs is 1. The Balaban J connectivity index is 1.72. The first kappa shape index (κ1) is 21.4. The van der Waals surface area contributed by atoms with E-state index in [0.29, 0.717) is 22.9 Å². The predicted octanol–water partition coefficient (Wildman–Crippen LogP) is 2.23. The maximum atomic E-state index is 12.9. The van der Waals surface area contributed by atoms with E-state index in [1.807, 2.05) is 0 Å². The van der Waals surface area contributed by atoms with E-state index in [0.717, 1.165) is 0 Å². The molecule has 1 atom stereocenters. The lowest BCUT2D eigenvalue weighted by Crippen LogP contribution is -2.27. The first-order valence-corrected chi connectivity index (χ1v) is 10.6. The van der Waals surface area contributed by atoms with Crippen molar-refractivity contribution in [3.8, 4) is 17.2 Å². The average molecular weight is 434 g/mol. The number of hydrogen-bond donors (Lipinski definition) is 2. The Hall–Kier alpha value is -3.27. The number of anilines is 2. The van der Waals surface area contributed by atoms with Gasteiger partial charge in [-0.05, 0) is 19.1 Å². The molecule has 0 aliphatic carbocycles. The molecule has 10 heteroatoms. The van der Waals surface area contributed by atoms with Crippen LogP contribution in [0.1, 0.15) is 13.3 Å². The Morgan fingerprint density at radius 1 is 1.17 bits per heavy atom. The SMILES string of the molecule is COc1cc(NC(=O)CC(C)S(=O)(=O)c2ccc3c(c2)OCC(=O)N3)cc(OC)c1. The highest BCUT2D eigenvalue weighted by Gasteiger charge is 2.28. The van der Waals surface area contributed by atoms with Crippen molar-refractivity contribution in [3.05, 3.63) is 36.4 Å². The van der Waals surface area contributed by atoms with Crippen LogP contribution in [0.15, 0.2) is 41.3 Å². The van der Waals surface area contributed by atoms with Crippen LogP contribution in [0.25, 0.3) is 0 Å². The number of rotatable bonds is 7. The summed E-state index contributed by atoms with van der Waals surface area (Å²) in [5.74, 6) is 0.480. The lowest BCUT2D eigenvalue weighted by atomic mass is 10.2. The van der Waals surface area contributed by atoms with Crippen molar-refractivity contribution >= 4 is 33.0 Å². The molecule has 0 radical (unpaired) electrons. The molecule has 2 N–H and O–H groups in total. The fourth-order valence-electron chi connectivity index (χ4n) is 2.93. The fourth-order valence-corrected chi connectivity index (χ4v) is 4.29. The van der Waals surface area contributed by atoms with E-state index in [-0.39, 0.29) is 29.6 Å². The molecule has 2 aromatic carbocycles. The highest BCUT2D eigenvalue weighted by atomic mass is 32.2. The van der Waals surface area contributed by atoms with Gasteiger partial charge in [-0.1, -0.05) is 0 Å². The van der Waals surface area contributed by atoms with Crippen LogP contribution in [0.5, 0.6) is 17.2 Å². The molecule has 0 fully saturated rings. The number of ether oxygens (including phenoxy) is 3. The molecule has 0 bridgehead atoms. The third-order valence-electron chi connectivity index (χ3n) is 4.55. The van der Waals surface area contributed by atoms with E-state index < -0.39 is 21.0 Å². The molecule has 2 amide bonds. The van der Waals surface area contributed by atoms with Crippen molar-refractivity contribution in [1.29, 1.82) is 0 Å². The zero-order valence-corrected chi connectivity index (χ0v) is 17.5. The zero-order valence-electron chi connectivity index (χ0n) is 16.7. The molecule has 2 aromatic rings. The standard InChI is InChI=1S/C20H22N2O7S/c1-12(6-19(23)21-13-7-14(27-2)9-15(8-13)28-3)30(25,26)16-4-5-17-18(10-16)29-11-20(24)22-17/h4-5,7-10,12H,6,11H2,1-3H3,(H,21,23)(H,22,24). The molecule has 1 aliphatic heterocycles. The van der Waals surface area contributed by atoms with Crippen molar-refractivity contribution in [1.82, 2.24) is 0 Å². The summed E-state index contributed by atoms with van der Waals surface area (Å²) >= 11 is 0. The lowest BCUT2D eigenvalue weighted by molar-refractivity contribution is -0.118. The van der Waals surface area contributed by atoms with E-state index in [1.165, 1.54) is 39.3 Å². The molecule has 0 saturated heterocycles. The van der Waals surface area contributed by atoms with Gasteiger partial charge in [-0.15, -0.1) is 0 Å². The molecule has 9 nitrogen and oxygen atoms in total. The molecule has 1 aliphatic rings. The molecule has 0 saturated carbocycles. The van der Waals surface area contributed by atoms with E-state index in [9.17, 15) is 18.0 Å². The summed E-state index contributed by atoms with van der Waals surface area (Å²) in [6.07, 6.45) is -0.253. The van der Waals surface area contributed by atoms with Crippen molar-refractivity contribution in [2.24, 2.45) is 0 Å². The Bertz CT molecular complexity index is 1060. The van der Waals surface area contributed by atoms with Crippen molar-refractivity contribution in [2.45, 2.75) is 23.5 Å². The van der Waals surface area contributed by atoms with Gasteiger partial charge in [0, 0.05) is 36.4 Å². The van der Waals surface area contributed by atoms with Crippen molar-refractivity contribution < 1.29 is 32.2 Å². The van der Waals surface area contributed by atoms with Gasteiger partial charge in [0.05, 0.1) is 30.1 Å². The Morgan fingerprint density at radius 2 is 1.83 bits per heavy atom. The number of nitrogens with one attached hydrogen (secondary N) is 2. The second-order valence-electron chi connectivity index (χ2n) is 6.70. The Labute approximate surface area is 174 Å². The van der Waals surface area contributed by atoms with Crippen LogP contribution in [-0.4, -0.2) is 46.3 Å². The van der Waals surface area contributed by atoms with Gasteiger partial charge in [0.2, 0.25) is 5.91 Å². The number of sulfone groups is 1. The lowest BCUT2D eigenvalue weighted by Gasteiger charge is -2.19. The Morgan fingerprint density at radius 3 is 2.47 bits per heavy atom. The van der Waals surface area contributed by atoms with Crippen molar-refractivity contribution in [2.75, 3.05) is 31.5 Å². The van der Waals surface area contributed by atoms with E-state index in [1.54, 1.807) is 18.2 Å². The minimum atomic E-state index is -3.80. The van der Waals surface area contributed by atoms with Crippen LogP contribution >= 0.6 is 0 Å².